The molecule has 0 aromatic heterocycles. The van der Waals surface area contributed by atoms with Crippen molar-refractivity contribution in [1.82, 2.24) is 0 Å². The molecule has 0 radical (unpaired) electrons. The number of carbonyl (C=O) groups is 1. The molecule has 1 aromatic rings. The lowest BCUT2D eigenvalue weighted by molar-refractivity contribution is -0.137. The summed E-state index contributed by atoms with van der Waals surface area (Å²) in [5.41, 5.74) is 1.88. The van der Waals surface area contributed by atoms with Gasteiger partial charge in [0.1, 0.15) is 11.5 Å². The molecular weight excluding hydrogens is 280 g/mol. The fourth-order valence-corrected chi connectivity index (χ4v) is 2.04. The molecule has 0 aliphatic heterocycles. The first-order valence-electron chi connectivity index (χ1n) is 7.50. The molecule has 1 aromatic carbocycles. The Labute approximate surface area is 133 Å². The first kappa shape index (κ1) is 18.1. The summed E-state index contributed by atoms with van der Waals surface area (Å²) in [6.07, 6.45) is 4.05. The van der Waals surface area contributed by atoms with Crippen LogP contribution < -0.4 is 9.47 Å². The summed E-state index contributed by atoms with van der Waals surface area (Å²) >= 11 is 0. The van der Waals surface area contributed by atoms with Crippen molar-refractivity contribution in [2.24, 2.45) is 0 Å². The molecular formula is C18H26O4. The van der Waals surface area contributed by atoms with Gasteiger partial charge in [-0.15, -0.1) is 0 Å². The Morgan fingerprint density at radius 1 is 1.14 bits per heavy atom. The normalized spacial score (nSPS) is 11.5. The van der Waals surface area contributed by atoms with Crippen molar-refractivity contribution in [1.29, 1.82) is 0 Å². The van der Waals surface area contributed by atoms with E-state index in [0.29, 0.717) is 18.1 Å². The fourth-order valence-electron chi connectivity index (χ4n) is 2.04. The third-order valence-corrected chi connectivity index (χ3v) is 3.88. The quantitative estimate of drug-likeness (QED) is 0.565. The van der Waals surface area contributed by atoms with Gasteiger partial charge in [-0.1, -0.05) is 20.8 Å². The van der Waals surface area contributed by atoms with E-state index >= 15 is 0 Å². The van der Waals surface area contributed by atoms with Gasteiger partial charge in [-0.05, 0) is 42.5 Å². The molecule has 0 spiro atoms. The van der Waals surface area contributed by atoms with Crippen molar-refractivity contribution in [3.63, 3.8) is 0 Å². The largest absolute Gasteiger partial charge is 0.496 e. The highest BCUT2D eigenvalue weighted by atomic mass is 16.5. The lowest BCUT2D eigenvalue weighted by Crippen LogP contribution is -2.16. The van der Waals surface area contributed by atoms with E-state index in [-0.39, 0.29) is 11.4 Å². The van der Waals surface area contributed by atoms with E-state index in [1.165, 1.54) is 6.08 Å². The van der Waals surface area contributed by atoms with Crippen molar-refractivity contribution in [2.45, 2.75) is 39.5 Å². The van der Waals surface area contributed by atoms with Crippen LogP contribution in [0.3, 0.4) is 0 Å². The zero-order chi connectivity index (χ0) is 16.8. The zero-order valence-electron chi connectivity index (χ0n) is 14.4. The molecule has 0 aliphatic rings. The molecule has 0 atom stereocenters. The van der Waals surface area contributed by atoms with Crippen molar-refractivity contribution in [3.05, 3.63) is 29.3 Å². The van der Waals surface area contributed by atoms with Crippen LogP contribution in [0.1, 0.15) is 45.2 Å². The van der Waals surface area contributed by atoms with Gasteiger partial charge in [-0.2, -0.15) is 0 Å². The third kappa shape index (κ3) is 4.26. The molecule has 1 rings (SSSR count). The minimum atomic E-state index is -0.385. The number of rotatable bonds is 7. The van der Waals surface area contributed by atoms with Crippen LogP contribution in [0.25, 0.3) is 6.08 Å². The van der Waals surface area contributed by atoms with E-state index in [2.05, 4.69) is 20.8 Å². The molecule has 0 heterocycles. The van der Waals surface area contributed by atoms with Crippen molar-refractivity contribution < 1.29 is 19.0 Å². The molecule has 4 heteroatoms. The summed E-state index contributed by atoms with van der Waals surface area (Å²) < 4.78 is 15.9. The number of benzene rings is 1. The summed E-state index contributed by atoms with van der Waals surface area (Å²) in [7, 11) is 3.22. The van der Waals surface area contributed by atoms with Gasteiger partial charge in [-0.25, -0.2) is 4.79 Å². The van der Waals surface area contributed by atoms with Gasteiger partial charge in [0.25, 0.3) is 0 Å². The summed E-state index contributed by atoms with van der Waals surface area (Å²) in [4.78, 5) is 11.5. The molecule has 0 fully saturated rings. The van der Waals surface area contributed by atoms with E-state index in [4.69, 9.17) is 14.2 Å². The minimum absolute atomic E-state index is 0.0178. The molecule has 122 valence electrons. The molecule has 0 aliphatic carbocycles. The molecule has 0 unspecified atom stereocenters. The number of hydrogen-bond donors (Lipinski definition) is 0. The second-order valence-electron chi connectivity index (χ2n) is 5.62. The van der Waals surface area contributed by atoms with Crippen LogP contribution in [0, 0.1) is 0 Å². The first-order valence-corrected chi connectivity index (χ1v) is 7.50. The van der Waals surface area contributed by atoms with Gasteiger partial charge >= 0.3 is 5.97 Å². The van der Waals surface area contributed by atoms with Gasteiger partial charge in [0, 0.05) is 6.08 Å². The number of methoxy groups -OCH3 is 2. The van der Waals surface area contributed by atoms with Crippen LogP contribution in [-0.2, 0) is 14.9 Å². The Morgan fingerprint density at radius 2 is 1.68 bits per heavy atom. The van der Waals surface area contributed by atoms with Crippen molar-refractivity contribution in [2.75, 3.05) is 20.8 Å². The molecule has 0 N–H and O–H groups in total. The summed E-state index contributed by atoms with van der Waals surface area (Å²) in [5, 5.41) is 0. The van der Waals surface area contributed by atoms with Crippen LogP contribution in [0.4, 0.5) is 0 Å². The second-order valence-corrected chi connectivity index (χ2v) is 5.62. The molecule has 0 bridgehead atoms. The Hall–Kier alpha value is -1.97. The zero-order valence-corrected chi connectivity index (χ0v) is 14.4. The highest BCUT2D eigenvalue weighted by molar-refractivity contribution is 5.88. The Bertz CT molecular complexity index is 519. The topological polar surface area (TPSA) is 44.8 Å². The van der Waals surface area contributed by atoms with Gasteiger partial charge in [0.2, 0.25) is 0 Å². The maximum atomic E-state index is 11.5. The van der Waals surface area contributed by atoms with Gasteiger partial charge in [0.05, 0.1) is 26.4 Å². The second kappa shape index (κ2) is 7.87. The van der Waals surface area contributed by atoms with Crippen molar-refractivity contribution in [3.8, 4) is 11.5 Å². The van der Waals surface area contributed by atoms with E-state index in [9.17, 15) is 4.79 Å². The fraction of sp³-hybridized carbons (Fsp3) is 0.500. The summed E-state index contributed by atoms with van der Waals surface area (Å²) in [5.74, 6) is 0.970. The Balaban J connectivity index is 3.30. The smallest absolute Gasteiger partial charge is 0.330 e. The average molecular weight is 306 g/mol. The van der Waals surface area contributed by atoms with E-state index < -0.39 is 0 Å². The van der Waals surface area contributed by atoms with Gasteiger partial charge in [-0.3, -0.25) is 0 Å². The van der Waals surface area contributed by atoms with Crippen molar-refractivity contribution >= 4 is 12.0 Å². The standard InChI is InChI=1S/C18H26O4/c1-7-18(3,4)13-11-15(20-5)14(16(12-13)21-6)9-10-17(19)22-8-2/h9-12H,7-8H2,1-6H3/b10-9-. The number of ether oxygens (including phenoxy) is 3. The number of esters is 1. The summed E-state index contributed by atoms with van der Waals surface area (Å²) in [6, 6.07) is 3.99. The number of carbonyl (C=O) groups excluding carboxylic acids is 1. The predicted octanol–water partition coefficient (Wildman–Crippen LogP) is 3.97. The highest BCUT2D eigenvalue weighted by Gasteiger charge is 2.22. The molecule has 0 amide bonds. The van der Waals surface area contributed by atoms with E-state index in [1.807, 2.05) is 12.1 Å². The predicted molar refractivity (Wildman–Crippen MR) is 88.5 cm³/mol. The SMILES string of the molecule is CCOC(=O)/C=C\c1c(OC)cc(C(C)(C)CC)cc1OC. The van der Waals surface area contributed by atoms with Crippen LogP contribution in [-0.4, -0.2) is 26.8 Å². The monoisotopic (exact) mass is 306 g/mol. The maximum absolute atomic E-state index is 11.5. The maximum Gasteiger partial charge on any atom is 0.330 e. The molecule has 0 saturated carbocycles. The molecule has 4 nitrogen and oxygen atoms in total. The Kier molecular flexibility index (Phi) is 6.47. The molecule has 0 saturated heterocycles. The lowest BCUT2D eigenvalue weighted by Gasteiger charge is -2.25. The Morgan fingerprint density at radius 3 is 2.09 bits per heavy atom. The van der Waals surface area contributed by atoms with Crippen LogP contribution in [0.2, 0.25) is 0 Å². The minimum Gasteiger partial charge on any atom is -0.496 e. The average Bonchev–Trinajstić information content (AvgIpc) is 2.52. The number of hydrogen-bond acceptors (Lipinski definition) is 4. The lowest BCUT2D eigenvalue weighted by atomic mass is 9.81. The molecule has 22 heavy (non-hydrogen) atoms. The van der Waals surface area contributed by atoms with Gasteiger partial charge in [0.15, 0.2) is 0 Å². The van der Waals surface area contributed by atoms with E-state index in [0.717, 1.165) is 17.5 Å². The van der Waals surface area contributed by atoms with Crippen LogP contribution in [0.15, 0.2) is 18.2 Å². The summed E-state index contributed by atoms with van der Waals surface area (Å²) in [6.45, 7) is 8.62. The van der Waals surface area contributed by atoms with Crippen LogP contribution >= 0.6 is 0 Å². The first-order chi connectivity index (χ1) is 10.4. The third-order valence-electron chi connectivity index (χ3n) is 3.88. The van der Waals surface area contributed by atoms with Gasteiger partial charge < -0.3 is 14.2 Å². The highest BCUT2D eigenvalue weighted by Crippen LogP contribution is 2.37. The van der Waals surface area contributed by atoms with Crippen LogP contribution in [0.5, 0.6) is 11.5 Å². The van der Waals surface area contributed by atoms with E-state index in [1.54, 1.807) is 27.2 Å².